The molecule has 0 bridgehead atoms. The summed E-state index contributed by atoms with van der Waals surface area (Å²) in [4.78, 5) is 11.1. The van der Waals surface area contributed by atoms with Gasteiger partial charge in [-0.1, -0.05) is 19.6 Å². The molecule has 0 unspecified atom stereocenters. The summed E-state index contributed by atoms with van der Waals surface area (Å²) in [6.45, 7) is 7.55. The monoisotopic (exact) mass is 156 g/mol. The second-order valence-corrected chi connectivity index (χ2v) is 8.53. The summed E-state index contributed by atoms with van der Waals surface area (Å²) in [7, 11) is -1.33. The molecule has 57 valence electrons. The summed E-state index contributed by atoms with van der Waals surface area (Å²) < 4.78 is 2.03. The van der Waals surface area contributed by atoms with Crippen LogP contribution < -0.4 is 0 Å². The molecule has 0 N–H and O–H groups in total. The van der Waals surface area contributed by atoms with Crippen LogP contribution in [-0.4, -0.2) is 25.3 Å². The van der Waals surface area contributed by atoms with Crippen LogP contribution in [0.1, 0.15) is 6.42 Å². The van der Waals surface area contributed by atoms with Crippen LogP contribution in [0.25, 0.3) is 0 Å². The van der Waals surface area contributed by atoms with Gasteiger partial charge in [0.2, 0.25) is 5.91 Å². The molecule has 1 amide bonds. The summed E-state index contributed by atoms with van der Waals surface area (Å²) in [5.41, 5.74) is 0. The number of carbonyl (C=O) groups is 1. The minimum atomic E-state index is -1.33. The molecule has 0 aromatic rings. The fraction of sp³-hybridized carbons (Fsp3) is 0.714. The molecule has 1 radical (unpaired) electrons. The topological polar surface area (TPSA) is 20.3 Å². The highest BCUT2D eigenvalue weighted by atomic mass is 28.3. The minimum absolute atomic E-state index is 0.249. The number of hydrogen-bond donors (Lipinski definition) is 0. The van der Waals surface area contributed by atoms with Crippen LogP contribution in [0.15, 0.2) is 0 Å². The van der Waals surface area contributed by atoms with Crippen LogP contribution in [0.2, 0.25) is 19.6 Å². The predicted molar refractivity (Wildman–Crippen MR) is 44.0 cm³/mol. The minimum Gasteiger partial charge on any atom is -0.370 e. The Kier molecular flexibility index (Phi) is 1.85. The first-order valence-corrected chi connectivity index (χ1v) is 7.11. The van der Waals surface area contributed by atoms with Crippen molar-refractivity contribution in [1.29, 1.82) is 0 Å². The first-order valence-electron chi connectivity index (χ1n) is 3.66. The third kappa shape index (κ3) is 1.40. The zero-order chi connectivity index (χ0) is 7.78. The predicted octanol–water partition coefficient (Wildman–Crippen LogP) is 1.26. The van der Waals surface area contributed by atoms with Crippen molar-refractivity contribution in [1.82, 2.24) is 4.57 Å². The molecule has 0 aromatic carbocycles. The summed E-state index contributed by atoms with van der Waals surface area (Å²) in [5.74, 6) is 0.249. The highest BCUT2D eigenvalue weighted by Crippen LogP contribution is 2.17. The molecule has 2 nitrogen and oxygen atoms in total. The maximum Gasteiger partial charge on any atom is 0.218 e. The van der Waals surface area contributed by atoms with E-state index in [9.17, 15) is 4.79 Å². The largest absolute Gasteiger partial charge is 0.370 e. The van der Waals surface area contributed by atoms with Crippen LogP contribution in [0.3, 0.4) is 0 Å². The third-order valence-corrected chi connectivity index (χ3v) is 3.81. The molecule has 0 aliphatic carbocycles. The van der Waals surface area contributed by atoms with Crippen LogP contribution in [0, 0.1) is 6.42 Å². The quantitative estimate of drug-likeness (QED) is 0.523. The molecule has 0 atom stereocenters. The van der Waals surface area contributed by atoms with Gasteiger partial charge in [-0.05, 0) is 6.42 Å². The molecule has 1 fully saturated rings. The zero-order valence-corrected chi connectivity index (χ0v) is 7.85. The van der Waals surface area contributed by atoms with Crippen LogP contribution in [-0.2, 0) is 4.79 Å². The second kappa shape index (κ2) is 2.38. The smallest absolute Gasteiger partial charge is 0.218 e. The van der Waals surface area contributed by atoms with E-state index in [1.54, 1.807) is 6.42 Å². The molecule has 1 aliphatic heterocycles. The van der Waals surface area contributed by atoms with Crippen molar-refractivity contribution in [2.75, 3.05) is 6.54 Å². The third-order valence-electron chi connectivity index (χ3n) is 1.75. The number of nitrogens with zero attached hydrogens (tertiary/aromatic N) is 1. The van der Waals surface area contributed by atoms with Crippen LogP contribution in [0.5, 0.6) is 0 Å². The van der Waals surface area contributed by atoms with Gasteiger partial charge < -0.3 is 4.57 Å². The molecule has 0 aromatic heterocycles. The lowest BCUT2D eigenvalue weighted by Gasteiger charge is -2.29. The average Bonchev–Trinajstić information content (AvgIpc) is 2.11. The Bertz CT molecular complexity index is 150. The molecule has 1 aliphatic rings. The van der Waals surface area contributed by atoms with Crippen LogP contribution >= 0.6 is 0 Å². The van der Waals surface area contributed by atoms with Gasteiger partial charge >= 0.3 is 0 Å². The van der Waals surface area contributed by atoms with Gasteiger partial charge in [-0.25, -0.2) is 0 Å². The van der Waals surface area contributed by atoms with Crippen molar-refractivity contribution in [2.45, 2.75) is 26.1 Å². The Morgan fingerprint density at radius 2 is 2.10 bits per heavy atom. The lowest BCUT2D eigenvalue weighted by molar-refractivity contribution is -0.121. The van der Waals surface area contributed by atoms with E-state index in [4.69, 9.17) is 0 Å². The van der Waals surface area contributed by atoms with Crippen molar-refractivity contribution in [3.8, 4) is 0 Å². The summed E-state index contributed by atoms with van der Waals surface area (Å²) in [5, 5.41) is 0. The average molecular weight is 156 g/mol. The number of carbonyl (C=O) groups excluding carboxylic acids is 1. The molecule has 1 heterocycles. The lowest BCUT2D eigenvalue weighted by atomic mass is 10.4. The molecule has 0 saturated carbocycles. The van der Waals surface area contributed by atoms with Gasteiger partial charge in [0.15, 0.2) is 8.24 Å². The summed E-state index contributed by atoms with van der Waals surface area (Å²) in [6.07, 6.45) is 2.74. The van der Waals surface area contributed by atoms with E-state index in [0.29, 0.717) is 0 Å². The van der Waals surface area contributed by atoms with Crippen molar-refractivity contribution in [3.63, 3.8) is 0 Å². The Balaban J connectivity index is 2.64. The zero-order valence-electron chi connectivity index (χ0n) is 6.85. The van der Waals surface area contributed by atoms with Crippen molar-refractivity contribution in [2.24, 2.45) is 0 Å². The highest BCUT2D eigenvalue weighted by molar-refractivity contribution is 6.75. The van der Waals surface area contributed by atoms with Crippen molar-refractivity contribution in [3.05, 3.63) is 6.42 Å². The maximum absolute atomic E-state index is 11.1. The van der Waals surface area contributed by atoms with Gasteiger partial charge in [0.1, 0.15) is 0 Å². The molecule has 10 heavy (non-hydrogen) atoms. The first kappa shape index (κ1) is 7.79. The highest BCUT2D eigenvalue weighted by Gasteiger charge is 2.31. The maximum atomic E-state index is 11.1. The first-order chi connectivity index (χ1) is 4.52. The Morgan fingerprint density at radius 3 is 2.30 bits per heavy atom. The molecular weight excluding hydrogens is 142 g/mol. The van der Waals surface area contributed by atoms with Gasteiger partial charge in [-0.2, -0.15) is 0 Å². The van der Waals surface area contributed by atoms with Gasteiger partial charge in [0, 0.05) is 6.54 Å². The fourth-order valence-corrected chi connectivity index (χ4v) is 2.76. The van der Waals surface area contributed by atoms with E-state index in [0.717, 1.165) is 13.0 Å². The molecular formula is C7H14NOSi. The Morgan fingerprint density at radius 1 is 1.50 bits per heavy atom. The van der Waals surface area contributed by atoms with E-state index < -0.39 is 8.24 Å². The van der Waals surface area contributed by atoms with Crippen LogP contribution in [0.4, 0.5) is 0 Å². The van der Waals surface area contributed by atoms with E-state index in [-0.39, 0.29) is 5.91 Å². The standard InChI is InChI=1S/C7H14NOSi/c1-10(2,3)8-6-4-5-7(8)9/h5H,4,6H2,1-3H3. The number of amides is 1. The van der Waals surface area contributed by atoms with E-state index in [2.05, 4.69) is 19.6 Å². The van der Waals surface area contributed by atoms with E-state index >= 15 is 0 Å². The molecule has 1 saturated heterocycles. The van der Waals surface area contributed by atoms with Gasteiger partial charge in [0.25, 0.3) is 0 Å². The molecule has 0 spiro atoms. The summed E-state index contributed by atoms with van der Waals surface area (Å²) >= 11 is 0. The number of hydrogen-bond acceptors (Lipinski definition) is 1. The van der Waals surface area contributed by atoms with Gasteiger partial charge in [-0.3, -0.25) is 4.79 Å². The lowest BCUT2D eigenvalue weighted by Crippen LogP contribution is -2.46. The van der Waals surface area contributed by atoms with Gasteiger partial charge in [0.05, 0.1) is 6.42 Å². The van der Waals surface area contributed by atoms with Crippen molar-refractivity contribution >= 4 is 14.1 Å². The SMILES string of the molecule is C[Si](C)(C)N1CC[CH]C1=O. The summed E-state index contributed by atoms with van der Waals surface area (Å²) in [6, 6.07) is 0. The second-order valence-electron chi connectivity index (χ2n) is 3.65. The van der Waals surface area contributed by atoms with E-state index in [1.807, 2.05) is 4.57 Å². The molecule has 3 heteroatoms. The molecule has 1 rings (SSSR count). The normalized spacial score (nSPS) is 20.3. The number of rotatable bonds is 1. The Hall–Kier alpha value is -0.313. The van der Waals surface area contributed by atoms with E-state index in [1.165, 1.54) is 0 Å². The fourth-order valence-electron chi connectivity index (χ4n) is 1.20. The Labute approximate surface area is 63.3 Å². The van der Waals surface area contributed by atoms with Gasteiger partial charge in [-0.15, -0.1) is 0 Å². The van der Waals surface area contributed by atoms with Crippen molar-refractivity contribution < 1.29 is 4.79 Å².